The average molecular weight is 246 g/mol. The van der Waals surface area contributed by atoms with Crippen LogP contribution in [-0.2, 0) is 4.74 Å². The number of nitrogens with one attached hydrogen (secondary N) is 1. The highest BCUT2D eigenvalue weighted by Crippen LogP contribution is 2.15. The third-order valence-corrected chi connectivity index (χ3v) is 1.78. The van der Waals surface area contributed by atoms with Crippen LogP contribution < -0.4 is 5.32 Å². The number of rotatable bonds is 3. The van der Waals surface area contributed by atoms with Gasteiger partial charge in [0.1, 0.15) is 6.61 Å². The van der Waals surface area contributed by atoms with Gasteiger partial charge < -0.3 is 4.74 Å². The number of hydrogen-bond donors (Lipinski definition) is 1. The number of halogens is 2. The summed E-state index contributed by atoms with van der Waals surface area (Å²) < 4.78 is 4.72. The molecule has 0 heterocycles. The van der Waals surface area contributed by atoms with Gasteiger partial charge in [-0.1, -0.05) is 35.8 Å². The zero-order valence-corrected chi connectivity index (χ0v) is 9.31. The van der Waals surface area contributed by atoms with E-state index in [9.17, 15) is 4.79 Å². The number of carbonyl (C=O) groups is 1. The number of ether oxygens (including phenoxy) is 1. The Hall–Kier alpha value is -1.19. The van der Waals surface area contributed by atoms with Crippen molar-refractivity contribution in [3.05, 3.63) is 40.9 Å². The smallest absolute Gasteiger partial charge is 0.411 e. The molecule has 0 aliphatic heterocycles. The molecule has 0 bridgehead atoms. The molecule has 0 spiro atoms. The number of hydrogen-bond acceptors (Lipinski definition) is 2. The van der Waals surface area contributed by atoms with E-state index in [4.69, 9.17) is 27.9 Å². The molecule has 1 amide bonds. The lowest BCUT2D eigenvalue weighted by Gasteiger charge is -2.05. The second kappa shape index (κ2) is 5.63. The van der Waals surface area contributed by atoms with Crippen LogP contribution in [0.5, 0.6) is 0 Å². The topological polar surface area (TPSA) is 38.3 Å². The Kier molecular flexibility index (Phi) is 4.46. The van der Waals surface area contributed by atoms with E-state index in [1.807, 2.05) is 0 Å². The number of carbonyl (C=O) groups excluding carboxylic acids is 1. The quantitative estimate of drug-likeness (QED) is 0.884. The molecule has 0 unspecified atom stereocenters. The highest BCUT2D eigenvalue weighted by Gasteiger charge is 2.03. The maximum absolute atomic E-state index is 11.2. The maximum atomic E-state index is 11.2. The highest BCUT2D eigenvalue weighted by molar-refractivity contribution is 6.31. The van der Waals surface area contributed by atoms with E-state index in [0.717, 1.165) is 0 Å². The van der Waals surface area contributed by atoms with Crippen LogP contribution in [-0.4, -0.2) is 12.7 Å². The molecule has 1 N–H and O–H groups in total. The summed E-state index contributed by atoms with van der Waals surface area (Å²) in [5, 5.41) is 3.29. The van der Waals surface area contributed by atoms with Crippen LogP contribution in [0.15, 0.2) is 35.9 Å². The molecule has 0 saturated heterocycles. The predicted octanol–water partition coefficient (Wildman–Crippen LogP) is 3.64. The number of benzene rings is 1. The molecule has 15 heavy (non-hydrogen) atoms. The third-order valence-electron chi connectivity index (χ3n) is 1.43. The van der Waals surface area contributed by atoms with Gasteiger partial charge in [0.25, 0.3) is 0 Å². The summed E-state index contributed by atoms with van der Waals surface area (Å²) in [6, 6.07) is 6.73. The Morgan fingerprint density at radius 3 is 2.87 bits per heavy atom. The molecule has 3 nitrogen and oxygen atoms in total. The zero-order chi connectivity index (χ0) is 11.3. The van der Waals surface area contributed by atoms with E-state index in [1.165, 1.54) is 0 Å². The van der Waals surface area contributed by atoms with Gasteiger partial charge in [0.05, 0.1) is 0 Å². The molecule has 1 aromatic carbocycles. The van der Waals surface area contributed by atoms with E-state index in [-0.39, 0.29) is 11.6 Å². The summed E-state index contributed by atoms with van der Waals surface area (Å²) >= 11 is 11.2. The van der Waals surface area contributed by atoms with Crippen molar-refractivity contribution in [2.24, 2.45) is 0 Å². The van der Waals surface area contributed by atoms with Gasteiger partial charge >= 0.3 is 6.09 Å². The van der Waals surface area contributed by atoms with Crippen molar-refractivity contribution >= 4 is 35.0 Å². The largest absolute Gasteiger partial charge is 0.444 e. The average Bonchev–Trinajstić information content (AvgIpc) is 2.15. The van der Waals surface area contributed by atoms with Crippen molar-refractivity contribution in [1.82, 2.24) is 0 Å². The van der Waals surface area contributed by atoms with E-state index in [0.29, 0.717) is 10.7 Å². The second-order valence-electron chi connectivity index (χ2n) is 2.73. The van der Waals surface area contributed by atoms with Crippen molar-refractivity contribution in [3.8, 4) is 0 Å². The van der Waals surface area contributed by atoms with Crippen LogP contribution in [0.4, 0.5) is 10.5 Å². The van der Waals surface area contributed by atoms with Crippen molar-refractivity contribution in [2.45, 2.75) is 0 Å². The van der Waals surface area contributed by atoms with Gasteiger partial charge in [-0.05, 0) is 18.2 Å². The lowest BCUT2D eigenvalue weighted by molar-refractivity contribution is 0.173. The predicted molar refractivity (Wildman–Crippen MR) is 61.4 cm³/mol. The second-order valence-corrected chi connectivity index (χ2v) is 3.70. The Labute approximate surface area is 97.6 Å². The summed E-state index contributed by atoms with van der Waals surface area (Å²) in [5.41, 5.74) is 0.563. The molecule has 80 valence electrons. The fraction of sp³-hybridized carbons (Fsp3) is 0.100. The molecule has 1 aromatic rings. The van der Waals surface area contributed by atoms with Gasteiger partial charge in [-0.25, -0.2) is 4.79 Å². The fourth-order valence-corrected chi connectivity index (χ4v) is 1.11. The van der Waals surface area contributed by atoms with Crippen LogP contribution in [0.3, 0.4) is 0 Å². The van der Waals surface area contributed by atoms with Crippen LogP contribution in [0.2, 0.25) is 5.02 Å². The molecule has 1 rings (SSSR count). The van der Waals surface area contributed by atoms with Crippen molar-refractivity contribution in [3.63, 3.8) is 0 Å². The van der Waals surface area contributed by atoms with Crippen LogP contribution in [0.25, 0.3) is 0 Å². The van der Waals surface area contributed by atoms with Crippen LogP contribution >= 0.6 is 23.2 Å². The van der Waals surface area contributed by atoms with Gasteiger partial charge in [-0.15, -0.1) is 0 Å². The Morgan fingerprint density at radius 2 is 2.27 bits per heavy atom. The molecule has 0 radical (unpaired) electrons. The number of anilines is 1. The lowest BCUT2D eigenvalue weighted by atomic mass is 10.3. The Bertz CT molecular complexity index is 379. The standard InChI is InChI=1S/C10H9Cl2NO2/c1-7(11)6-15-10(14)13-9-4-2-3-8(12)5-9/h2-5H,1,6H2,(H,13,14). The minimum atomic E-state index is -0.598. The molecular weight excluding hydrogens is 237 g/mol. The first kappa shape index (κ1) is 11.9. The van der Waals surface area contributed by atoms with E-state index in [2.05, 4.69) is 11.9 Å². The van der Waals surface area contributed by atoms with Gasteiger partial charge in [0.2, 0.25) is 0 Å². The summed E-state index contributed by atoms with van der Waals surface area (Å²) in [4.78, 5) is 11.2. The van der Waals surface area contributed by atoms with E-state index >= 15 is 0 Å². The molecule has 5 heteroatoms. The molecular formula is C10H9Cl2NO2. The van der Waals surface area contributed by atoms with Crippen molar-refractivity contribution in [2.75, 3.05) is 11.9 Å². The van der Waals surface area contributed by atoms with Gasteiger partial charge in [0, 0.05) is 15.7 Å². The van der Waals surface area contributed by atoms with Gasteiger partial charge in [-0.3, -0.25) is 5.32 Å². The molecule has 0 atom stereocenters. The van der Waals surface area contributed by atoms with Crippen molar-refractivity contribution < 1.29 is 9.53 Å². The first-order valence-electron chi connectivity index (χ1n) is 4.10. The summed E-state index contributed by atoms with van der Waals surface area (Å²) in [5.74, 6) is 0. The molecule has 0 aliphatic rings. The Balaban J connectivity index is 2.48. The minimum Gasteiger partial charge on any atom is -0.444 e. The zero-order valence-electron chi connectivity index (χ0n) is 7.80. The third kappa shape index (κ3) is 4.72. The monoisotopic (exact) mass is 245 g/mol. The van der Waals surface area contributed by atoms with E-state index in [1.54, 1.807) is 24.3 Å². The van der Waals surface area contributed by atoms with E-state index < -0.39 is 6.09 Å². The summed E-state index contributed by atoms with van der Waals surface area (Å²) in [6.45, 7) is 3.37. The Morgan fingerprint density at radius 1 is 1.53 bits per heavy atom. The molecule has 0 fully saturated rings. The normalized spacial score (nSPS) is 9.47. The first-order valence-corrected chi connectivity index (χ1v) is 4.86. The fourth-order valence-electron chi connectivity index (χ4n) is 0.864. The lowest BCUT2D eigenvalue weighted by Crippen LogP contribution is -2.14. The molecule has 0 saturated carbocycles. The SMILES string of the molecule is C=C(Cl)COC(=O)Nc1cccc(Cl)c1. The number of amides is 1. The minimum absolute atomic E-state index is 0.0199. The molecule has 0 aromatic heterocycles. The summed E-state index contributed by atoms with van der Waals surface area (Å²) in [7, 11) is 0. The van der Waals surface area contributed by atoms with Crippen molar-refractivity contribution in [1.29, 1.82) is 0 Å². The first-order chi connectivity index (χ1) is 7.08. The van der Waals surface area contributed by atoms with Crippen LogP contribution in [0, 0.1) is 0 Å². The molecule has 0 aliphatic carbocycles. The van der Waals surface area contributed by atoms with Gasteiger partial charge in [0.15, 0.2) is 0 Å². The highest BCUT2D eigenvalue weighted by atomic mass is 35.5. The maximum Gasteiger partial charge on any atom is 0.411 e. The van der Waals surface area contributed by atoms with Gasteiger partial charge in [-0.2, -0.15) is 0 Å². The van der Waals surface area contributed by atoms with Crippen LogP contribution in [0.1, 0.15) is 0 Å². The summed E-state index contributed by atoms with van der Waals surface area (Å²) in [6.07, 6.45) is -0.598.